The molecule has 0 spiro atoms. The topological polar surface area (TPSA) is 80.7 Å². The number of sulfonamides is 1. The second kappa shape index (κ2) is 4.46. The van der Waals surface area contributed by atoms with E-state index in [0.29, 0.717) is 11.5 Å². The Balaban J connectivity index is 2.13. The highest BCUT2D eigenvalue weighted by atomic mass is 32.2. The number of thiazole rings is 1. The Hall–Kier alpha value is -1.12. The molecule has 0 aromatic carbocycles. The van der Waals surface area contributed by atoms with Crippen LogP contribution in [-0.2, 0) is 10.0 Å². The predicted octanol–water partition coefficient (Wildman–Crippen LogP) is 1.54. The molecule has 0 amide bonds. The van der Waals surface area contributed by atoms with Crippen LogP contribution in [0, 0.1) is 0 Å². The lowest BCUT2D eigenvalue weighted by Crippen LogP contribution is -2.42. The van der Waals surface area contributed by atoms with Gasteiger partial charge in [0.05, 0.1) is 0 Å². The van der Waals surface area contributed by atoms with Crippen molar-refractivity contribution in [2.45, 2.75) is 37.3 Å². The molecule has 1 unspecified atom stereocenters. The summed E-state index contributed by atoms with van der Waals surface area (Å²) in [6.45, 7) is 2.50. The molecule has 6 nitrogen and oxygen atoms in total. The largest absolute Gasteiger partial charge is 0.381 e. The number of aromatic nitrogens is 2. The van der Waals surface area contributed by atoms with Crippen molar-refractivity contribution >= 4 is 32.1 Å². The summed E-state index contributed by atoms with van der Waals surface area (Å²) < 4.78 is 28.7. The molecular formula is C11H16N4O2S2. The fourth-order valence-electron chi connectivity index (χ4n) is 2.58. The van der Waals surface area contributed by atoms with Crippen LogP contribution >= 0.6 is 11.3 Å². The van der Waals surface area contributed by atoms with Gasteiger partial charge < -0.3 is 5.73 Å². The van der Waals surface area contributed by atoms with Crippen molar-refractivity contribution in [3.63, 3.8) is 0 Å². The Bertz CT molecular complexity index is 703. The molecule has 1 saturated heterocycles. The lowest BCUT2D eigenvalue weighted by atomic mass is 10.1. The first-order valence-corrected chi connectivity index (χ1v) is 8.56. The smallest absolute Gasteiger partial charge is 0.263 e. The number of nitrogens with two attached hydrogens (primary N) is 1. The van der Waals surface area contributed by atoms with Crippen LogP contribution in [0.15, 0.2) is 16.6 Å². The molecule has 19 heavy (non-hydrogen) atoms. The van der Waals surface area contributed by atoms with Gasteiger partial charge >= 0.3 is 0 Å². The molecule has 0 saturated carbocycles. The number of hydrogen-bond donors (Lipinski definition) is 1. The Kier molecular flexibility index (Phi) is 3.03. The summed E-state index contributed by atoms with van der Waals surface area (Å²) in [4.78, 5) is 4.72. The highest BCUT2D eigenvalue weighted by Gasteiger charge is 2.35. The summed E-state index contributed by atoms with van der Waals surface area (Å²) in [5.74, 6) is 0.0876. The van der Waals surface area contributed by atoms with Gasteiger partial charge in [0.2, 0.25) is 0 Å². The summed E-state index contributed by atoms with van der Waals surface area (Å²) in [6.07, 6.45) is 4.56. The Labute approximate surface area is 115 Å². The van der Waals surface area contributed by atoms with Gasteiger partial charge in [0, 0.05) is 24.2 Å². The van der Waals surface area contributed by atoms with Crippen molar-refractivity contribution in [3.05, 3.63) is 11.6 Å². The third-order valence-electron chi connectivity index (χ3n) is 3.54. The standard InChI is InChI=1S/C11H16N4O2S2/c1-8-4-2-3-5-15(8)19(16,17)10-9(12)13-11-14(10)6-7-18-11/h6-8H,2-5,12H2,1H3. The third-order valence-corrected chi connectivity index (χ3v) is 6.35. The first kappa shape index (κ1) is 12.9. The second-order valence-electron chi connectivity index (χ2n) is 4.82. The second-order valence-corrected chi connectivity index (χ2v) is 7.50. The van der Waals surface area contributed by atoms with E-state index in [9.17, 15) is 8.42 Å². The van der Waals surface area contributed by atoms with Gasteiger partial charge in [-0.25, -0.2) is 13.4 Å². The fourth-order valence-corrected chi connectivity index (χ4v) is 5.23. The van der Waals surface area contributed by atoms with Gasteiger partial charge in [-0.05, 0) is 19.8 Å². The van der Waals surface area contributed by atoms with Crippen LogP contribution in [0.5, 0.6) is 0 Å². The monoisotopic (exact) mass is 300 g/mol. The molecule has 0 radical (unpaired) electrons. The SMILES string of the molecule is CC1CCCCN1S(=O)(=O)c1c(N)nc2sccn12. The summed E-state index contributed by atoms with van der Waals surface area (Å²) in [5.41, 5.74) is 5.80. The number of fused-ring (bicyclic) bond motifs is 1. The number of rotatable bonds is 2. The van der Waals surface area contributed by atoms with Crippen LogP contribution in [-0.4, -0.2) is 34.7 Å². The van der Waals surface area contributed by atoms with E-state index < -0.39 is 10.0 Å². The Morgan fingerprint density at radius 2 is 2.26 bits per heavy atom. The third kappa shape index (κ3) is 1.94. The first-order valence-electron chi connectivity index (χ1n) is 6.24. The molecule has 1 aliphatic rings. The van der Waals surface area contributed by atoms with Crippen molar-refractivity contribution in [3.8, 4) is 0 Å². The molecule has 0 aliphatic carbocycles. The van der Waals surface area contributed by atoms with E-state index in [-0.39, 0.29) is 16.9 Å². The van der Waals surface area contributed by atoms with Gasteiger partial charge in [-0.15, -0.1) is 11.3 Å². The quantitative estimate of drug-likeness (QED) is 0.912. The molecule has 1 aliphatic heterocycles. The van der Waals surface area contributed by atoms with Crippen LogP contribution in [0.25, 0.3) is 4.96 Å². The van der Waals surface area contributed by atoms with Crippen LogP contribution in [0.4, 0.5) is 5.82 Å². The van der Waals surface area contributed by atoms with E-state index in [2.05, 4.69) is 4.98 Å². The van der Waals surface area contributed by atoms with Crippen molar-refractivity contribution in [1.82, 2.24) is 13.7 Å². The summed E-state index contributed by atoms with van der Waals surface area (Å²) in [6, 6.07) is 0.0161. The minimum absolute atomic E-state index is 0.0161. The number of imidazole rings is 1. The molecule has 1 fully saturated rings. The predicted molar refractivity (Wildman–Crippen MR) is 74.7 cm³/mol. The molecule has 3 rings (SSSR count). The lowest BCUT2D eigenvalue weighted by Gasteiger charge is -2.31. The molecule has 1 atom stereocenters. The van der Waals surface area contributed by atoms with E-state index >= 15 is 0 Å². The molecule has 2 aromatic rings. The summed E-state index contributed by atoms with van der Waals surface area (Å²) >= 11 is 1.37. The first-order chi connectivity index (χ1) is 9.01. The molecule has 8 heteroatoms. The van der Waals surface area contributed by atoms with Crippen molar-refractivity contribution in [1.29, 1.82) is 0 Å². The number of hydrogen-bond acceptors (Lipinski definition) is 5. The molecule has 2 aromatic heterocycles. The van der Waals surface area contributed by atoms with Crippen LogP contribution < -0.4 is 5.73 Å². The van der Waals surface area contributed by atoms with Gasteiger partial charge in [0.15, 0.2) is 15.8 Å². The van der Waals surface area contributed by atoms with Crippen LogP contribution in [0.1, 0.15) is 26.2 Å². The summed E-state index contributed by atoms with van der Waals surface area (Å²) in [7, 11) is -3.58. The minimum Gasteiger partial charge on any atom is -0.381 e. The zero-order valence-corrected chi connectivity index (χ0v) is 12.2. The fraction of sp³-hybridized carbons (Fsp3) is 0.545. The Morgan fingerprint density at radius 3 is 3.00 bits per heavy atom. The molecule has 3 heterocycles. The van der Waals surface area contributed by atoms with Crippen molar-refractivity contribution in [2.24, 2.45) is 0 Å². The maximum absolute atomic E-state index is 12.8. The van der Waals surface area contributed by atoms with Crippen LogP contribution in [0.2, 0.25) is 0 Å². The van der Waals surface area contributed by atoms with Gasteiger partial charge in [-0.3, -0.25) is 4.40 Å². The number of anilines is 1. The van der Waals surface area contributed by atoms with E-state index in [1.54, 1.807) is 20.3 Å². The average molecular weight is 300 g/mol. The van der Waals surface area contributed by atoms with E-state index in [1.165, 1.54) is 11.3 Å². The van der Waals surface area contributed by atoms with Crippen molar-refractivity contribution in [2.75, 3.05) is 12.3 Å². The van der Waals surface area contributed by atoms with Crippen LogP contribution in [0.3, 0.4) is 0 Å². The maximum atomic E-state index is 12.8. The van der Waals surface area contributed by atoms with Gasteiger partial charge in [0.25, 0.3) is 10.0 Å². The summed E-state index contributed by atoms with van der Waals surface area (Å²) in [5, 5.41) is 1.91. The maximum Gasteiger partial charge on any atom is 0.263 e. The zero-order valence-electron chi connectivity index (χ0n) is 10.6. The molecule has 104 valence electrons. The van der Waals surface area contributed by atoms with E-state index in [1.807, 2.05) is 6.92 Å². The van der Waals surface area contributed by atoms with Gasteiger partial charge in [-0.2, -0.15) is 4.31 Å². The number of nitrogens with zero attached hydrogens (tertiary/aromatic N) is 3. The van der Waals surface area contributed by atoms with Gasteiger partial charge in [-0.1, -0.05) is 6.42 Å². The lowest BCUT2D eigenvalue weighted by molar-refractivity contribution is 0.268. The highest BCUT2D eigenvalue weighted by molar-refractivity contribution is 7.89. The number of piperidine rings is 1. The van der Waals surface area contributed by atoms with Gasteiger partial charge in [0.1, 0.15) is 0 Å². The zero-order chi connectivity index (χ0) is 13.6. The number of nitrogen functional groups attached to an aromatic ring is 1. The molecular weight excluding hydrogens is 284 g/mol. The van der Waals surface area contributed by atoms with E-state index in [4.69, 9.17) is 5.73 Å². The average Bonchev–Trinajstić information content (AvgIpc) is 2.88. The Morgan fingerprint density at radius 1 is 1.47 bits per heavy atom. The van der Waals surface area contributed by atoms with E-state index in [0.717, 1.165) is 19.3 Å². The molecule has 0 bridgehead atoms. The highest BCUT2D eigenvalue weighted by Crippen LogP contribution is 2.30. The minimum atomic E-state index is -3.58. The normalized spacial score (nSPS) is 22.1. The van der Waals surface area contributed by atoms with Crippen molar-refractivity contribution < 1.29 is 8.42 Å². The molecule has 2 N–H and O–H groups in total.